The monoisotopic (exact) mass is 460 g/mol. The van der Waals surface area contributed by atoms with E-state index in [2.05, 4.69) is 41.9 Å². The molecule has 0 aliphatic heterocycles. The highest BCUT2D eigenvalue weighted by Gasteiger charge is 2.23. The third-order valence-corrected chi connectivity index (χ3v) is 6.57. The number of nitrogens with zero attached hydrogens (tertiary/aromatic N) is 1. The van der Waals surface area contributed by atoms with Crippen molar-refractivity contribution in [3.8, 4) is 11.1 Å². The number of carbonyl (C=O) groups is 2. The van der Waals surface area contributed by atoms with Gasteiger partial charge in [-0.05, 0) is 41.5 Å². The lowest BCUT2D eigenvalue weighted by atomic mass is 9.98. The van der Waals surface area contributed by atoms with Crippen molar-refractivity contribution in [1.82, 2.24) is 4.57 Å². The van der Waals surface area contributed by atoms with Crippen LogP contribution in [-0.4, -0.2) is 23.1 Å². The van der Waals surface area contributed by atoms with Crippen LogP contribution in [0.25, 0.3) is 22.0 Å². The Morgan fingerprint density at radius 1 is 1.06 bits per heavy atom. The molecule has 0 fully saturated rings. The van der Waals surface area contributed by atoms with Crippen LogP contribution < -0.4 is 5.32 Å². The van der Waals surface area contributed by atoms with Crippen molar-refractivity contribution in [2.45, 2.75) is 39.7 Å². The number of benzene rings is 2. The Morgan fingerprint density at radius 2 is 1.82 bits per heavy atom. The number of aromatic nitrogens is 1. The number of hydrogen-bond acceptors (Lipinski definition) is 4. The van der Waals surface area contributed by atoms with Crippen molar-refractivity contribution in [2.75, 3.05) is 11.9 Å². The molecule has 0 saturated carbocycles. The minimum absolute atomic E-state index is 0.137. The molecule has 170 valence electrons. The van der Waals surface area contributed by atoms with Gasteiger partial charge in [0.1, 0.15) is 10.6 Å². The third kappa shape index (κ3) is 5.01. The molecule has 2 aromatic heterocycles. The zero-order valence-corrected chi connectivity index (χ0v) is 19.9. The number of thiophene rings is 1. The molecule has 33 heavy (non-hydrogen) atoms. The maximum Gasteiger partial charge on any atom is 0.341 e. The van der Waals surface area contributed by atoms with Crippen molar-refractivity contribution in [3.05, 3.63) is 77.3 Å². The van der Waals surface area contributed by atoms with Crippen molar-refractivity contribution in [2.24, 2.45) is 0 Å². The van der Waals surface area contributed by atoms with Gasteiger partial charge in [-0.15, -0.1) is 11.3 Å². The Bertz CT molecular complexity index is 1270. The molecule has 5 nitrogen and oxygen atoms in total. The number of para-hydroxylation sites is 1. The topological polar surface area (TPSA) is 60.3 Å². The first-order valence-electron chi connectivity index (χ1n) is 11.2. The highest BCUT2D eigenvalue weighted by Crippen LogP contribution is 2.37. The summed E-state index contributed by atoms with van der Waals surface area (Å²) in [5.41, 5.74) is 4.45. The molecular weight excluding hydrogens is 432 g/mol. The maximum absolute atomic E-state index is 12.8. The van der Waals surface area contributed by atoms with Gasteiger partial charge in [0.2, 0.25) is 5.91 Å². The van der Waals surface area contributed by atoms with E-state index in [1.54, 1.807) is 6.92 Å². The molecule has 0 radical (unpaired) electrons. The number of nitrogens with one attached hydrogen (secondary N) is 1. The van der Waals surface area contributed by atoms with Crippen LogP contribution >= 0.6 is 11.3 Å². The molecule has 4 aromatic rings. The second-order valence-electron chi connectivity index (χ2n) is 8.22. The quantitative estimate of drug-likeness (QED) is 0.298. The molecule has 0 bridgehead atoms. The third-order valence-electron chi connectivity index (χ3n) is 5.67. The zero-order chi connectivity index (χ0) is 23.4. The highest BCUT2D eigenvalue weighted by atomic mass is 32.1. The van der Waals surface area contributed by atoms with E-state index in [-0.39, 0.29) is 12.5 Å². The Kier molecular flexibility index (Phi) is 6.94. The van der Waals surface area contributed by atoms with Crippen molar-refractivity contribution >= 4 is 39.1 Å². The van der Waals surface area contributed by atoms with Crippen LogP contribution in [0.2, 0.25) is 0 Å². The molecule has 0 aliphatic rings. The van der Waals surface area contributed by atoms with Crippen LogP contribution in [0, 0.1) is 0 Å². The smallest absolute Gasteiger partial charge is 0.341 e. The van der Waals surface area contributed by atoms with E-state index in [1.165, 1.54) is 16.9 Å². The standard InChI is InChI=1S/C27H28N2O3S/c1-4-32-27(31)25-22(20-11-9-19(10-12-20)18(2)3)17-33-26(25)28-24(30)14-16-29-15-13-21-7-5-6-8-23(21)29/h5-13,15,17-18H,4,14,16H2,1-3H3,(H,28,30). The highest BCUT2D eigenvalue weighted by molar-refractivity contribution is 7.15. The number of esters is 1. The van der Waals surface area contributed by atoms with E-state index >= 15 is 0 Å². The van der Waals surface area contributed by atoms with E-state index in [9.17, 15) is 9.59 Å². The molecule has 0 unspecified atom stereocenters. The van der Waals surface area contributed by atoms with Gasteiger partial charge in [-0.25, -0.2) is 4.79 Å². The molecule has 0 spiro atoms. The van der Waals surface area contributed by atoms with Crippen LogP contribution in [0.1, 0.15) is 49.0 Å². The summed E-state index contributed by atoms with van der Waals surface area (Å²) < 4.78 is 7.38. The SMILES string of the molecule is CCOC(=O)c1c(-c2ccc(C(C)C)cc2)csc1NC(=O)CCn1ccc2ccccc21. The van der Waals surface area contributed by atoms with Crippen molar-refractivity contribution in [1.29, 1.82) is 0 Å². The van der Waals surface area contributed by atoms with Gasteiger partial charge < -0.3 is 14.6 Å². The van der Waals surface area contributed by atoms with Gasteiger partial charge >= 0.3 is 5.97 Å². The van der Waals surface area contributed by atoms with Gasteiger partial charge in [0.15, 0.2) is 0 Å². The molecule has 2 heterocycles. The van der Waals surface area contributed by atoms with Gasteiger partial charge in [-0.3, -0.25) is 4.79 Å². The van der Waals surface area contributed by atoms with Gasteiger partial charge in [0.05, 0.1) is 6.61 Å². The molecule has 6 heteroatoms. The number of rotatable bonds is 8. The van der Waals surface area contributed by atoms with E-state index < -0.39 is 5.97 Å². The Morgan fingerprint density at radius 3 is 2.55 bits per heavy atom. The Balaban J connectivity index is 1.54. The molecule has 0 atom stereocenters. The number of ether oxygens (including phenoxy) is 1. The van der Waals surface area contributed by atoms with Gasteiger partial charge in [0.25, 0.3) is 0 Å². The fourth-order valence-corrected chi connectivity index (χ4v) is 4.84. The van der Waals surface area contributed by atoms with E-state index in [4.69, 9.17) is 4.74 Å². The lowest BCUT2D eigenvalue weighted by Crippen LogP contribution is -2.16. The minimum atomic E-state index is -0.423. The molecule has 4 rings (SSSR count). The summed E-state index contributed by atoms with van der Waals surface area (Å²) in [7, 11) is 0. The fraction of sp³-hybridized carbons (Fsp3) is 0.259. The maximum atomic E-state index is 12.8. The first-order chi connectivity index (χ1) is 16.0. The number of fused-ring (bicyclic) bond motifs is 1. The lowest BCUT2D eigenvalue weighted by Gasteiger charge is -2.10. The number of carbonyl (C=O) groups excluding carboxylic acids is 2. The molecular formula is C27H28N2O3S. The lowest BCUT2D eigenvalue weighted by molar-refractivity contribution is -0.116. The van der Waals surface area contributed by atoms with E-state index in [1.807, 2.05) is 48.0 Å². The minimum Gasteiger partial charge on any atom is -0.462 e. The summed E-state index contributed by atoms with van der Waals surface area (Å²) >= 11 is 1.35. The van der Waals surface area contributed by atoms with E-state index in [0.717, 1.165) is 22.0 Å². The van der Waals surface area contributed by atoms with Gasteiger partial charge in [-0.1, -0.05) is 56.3 Å². The second-order valence-corrected chi connectivity index (χ2v) is 9.10. The average Bonchev–Trinajstić information content (AvgIpc) is 3.42. The molecule has 0 saturated heterocycles. The summed E-state index contributed by atoms with van der Waals surface area (Å²) in [6, 6.07) is 18.3. The first kappa shape index (κ1) is 22.8. The number of hydrogen-bond donors (Lipinski definition) is 1. The Labute approximate surface area is 198 Å². The number of aryl methyl sites for hydroxylation is 1. The molecule has 1 amide bonds. The summed E-state index contributed by atoms with van der Waals surface area (Å²) in [5, 5.41) is 6.53. The van der Waals surface area contributed by atoms with Gasteiger partial charge in [0, 0.05) is 35.6 Å². The molecule has 0 aliphatic carbocycles. The summed E-state index contributed by atoms with van der Waals surface area (Å²) in [5.74, 6) is -0.131. The average molecular weight is 461 g/mol. The Hall–Kier alpha value is -3.38. The number of anilines is 1. The normalized spacial score (nSPS) is 11.2. The first-order valence-corrected chi connectivity index (χ1v) is 12.1. The fourth-order valence-electron chi connectivity index (χ4n) is 3.86. The summed E-state index contributed by atoms with van der Waals surface area (Å²) in [6.07, 6.45) is 2.29. The number of amides is 1. The second kappa shape index (κ2) is 10.0. The predicted octanol–water partition coefficient (Wildman–Crippen LogP) is 6.70. The summed E-state index contributed by atoms with van der Waals surface area (Å²) in [4.78, 5) is 25.6. The van der Waals surface area contributed by atoms with Crippen LogP contribution in [0.5, 0.6) is 0 Å². The summed E-state index contributed by atoms with van der Waals surface area (Å²) in [6.45, 7) is 6.90. The van der Waals surface area contributed by atoms with Crippen LogP contribution in [0.3, 0.4) is 0 Å². The van der Waals surface area contributed by atoms with Crippen LogP contribution in [0.4, 0.5) is 5.00 Å². The molecule has 2 aromatic carbocycles. The zero-order valence-electron chi connectivity index (χ0n) is 19.1. The van der Waals surface area contributed by atoms with Crippen molar-refractivity contribution < 1.29 is 14.3 Å². The van der Waals surface area contributed by atoms with Crippen LogP contribution in [-0.2, 0) is 16.1 Å². The van der Waals surface area contributed by atoms with Crippen molar-refractivity contribution in [3.63, 3.8) is 0 Å². The largest absolute Gasteiger partial charge is 0.462 e. The van der Waals surface area contributed by atoms with Crippen LogP contribution in [0.15, 0.2) is 66.2 Å². The van der Waals surface area contributed by atoms with E-state index in [0.29, 0.717) is 29.4 Å². The predicted molar refractivity (Wildman–Crippen MR) is 135 cm³/mol. The molecule has 1 N–H and O–H groups in total. The van der Waals surface area contributed by atoms with Gasteiger partial charge in [-0.2, -0.15) is 0 Å².